The van der Waals surface area contributed by atoms with Gasteiger partial charge in [0.1, 0.15) is 12.4 Å². The van der Waals surface area contributed by atoms with E-state index in [9.17, 15) is 0 Å². The van der Waals surface area contributed by atoms with E-state index < -0.39 is 0 Å². The number of hydrogen-bond acceptors (Lipinski definition) is 5. The first-order valence-corrected chi connectivity index (χ1v) is 8.91. The summed E-state index contributed by atoms with van der Waals surface area (Å²) in [6.07, 6.45) is 4.05. The molecular formula is C18H29N3O2. The van der Waals surface area contributed by atoms with Crippen molar-refractivity contribution >= 4 is 0 Å². The van der Waals surface area contributed by atoms with Crippen LogP contribution in [0.4, 0.5) is 0 Å². The summed E-state index contributed by atoms with van der Waals surface area (Å²) < 4.78 is 11.4. The predicted molar refractivity (Wildman–Crippen MR) is 91.5 cm³/mol. The van der Waals surface area contributed by atoms with Crippen LogP contribution in [-0.2, 0) is 11.3 Å². The quantitative estimate of drug-likeness (QED) is 0.831. The standard InChI is InChI=1S/C18H29N3O2/c1-4-8-20(9-5-1)10-15-23-18-7-3-2-6-17(18)16-19-21-11-13-22-14-12-21/h2-3,6-7,19H,1,4-5,8-16H2. The largest absolute Gasteiger partial charge is 0.492 e. The van der Waals surface area contributed by atoms with Crippen LogP contribution in [0.15, 0.2) is 24.3 Å². The first kappa shape index (κ1) is 16.7. The average molecular weight is 319 g/mol. The molecule has 0 spiro atoms. The number of rotatable bonds is 7. The molecule has 1 aromatic rings. The molecule has 0 aromatic heterocycles. The molecule has 0 bridgehead atoms. The lowest BCUT2D eigenvalue weighted by atomic mass is 10.1. The third-order valence-electron chi connectivity index (χ3n) is 4.59. The summed E-state index contributed by atoms with van der Waals surface area (Å²) in [5.74, 6) is 1.00. The Labute approximate surface area is 139 Å². The topological polar surface area (TPSA) is 37.0 Å². The fraction of sp³-hybridized carbons (Fsp3) is 0.667. The van der Waals surface area contributed by atoms with Gasteiger partial charge in [-0.3, -0.25) is 10.3 Å². The number of nitrogens with zero attached hydrogens (tertiary/aromatic N) is 2. The van der Waals surface area contributed by atoms with Gasteiger partial charge in [0.25, 0.3) is 0 Å². The zero-order chi connectivity index (χ0) is 15.7. The molecule has 1 N–H and O–H groups in total. The van der Waals surface area contributed by atoms with Gasteiger partial charge in [0.05, 0.1) is 13.2 Å². The summed E-state index contributed by atoms with van der Waals surface area (Å²) in [5, 5.41) is 2.23. The van der Waals surface area contributed by atoms with Gasteiger partial charge in [-0.15, -0.1) is 0 Å². The molecule has 0 atom stereocenters. The molecule has 5 heteroatoms. The van der Waals surface area contributed by atoms with Crippen molar-refractivity contribution in [1.29, 1.82) is 0 Å². The van der Waals surface area contributed by atoms with E-state index in [-0.39, 0.29) is 0 Å². The van der Waals surface area contributed by atoms with E-state index in [1.54, 1.807) is 0 Å². The van der Waals surface area contributed by atoms with Crippen molar-refractivity contribution in [2.45, 2.75) is 25.8 Å². The van der Waals surface area contributed by atoms with E-state index in [0.29, 0.717) is 0 Å². The van der Waals surface area contributed by atoms with Crippen LogP contribution in [0.2, 0.25) is 0 Å². The first-order chi connectivity index (χ1) is 11.4. The zero-order valence-electron chi connectivity index (χ0n) is 14.0. The summed E-state index contributed by atoms with van der Waals surface area (Å²) in [7, 11) is 0. The Morgan fingerprint density at radius 2 is 1.78 bits per heavy atom. The fourth-order valence-corrected chi connectivity index (χ4v) is 3.18. The van der Waals surface area contributed by atoms with Gasteiger partial charge in [-0.05, 0) is 32.0 Å². The van der Waals surface area contributed by atoms with Crippen molar-refractivity contribution in [2.75, 3.05) is 52.5 Å². The molecule has 3 rings (SSSR count). The third-order valence-corrected chi connectivity index (χ3v) is 4.59. The van der Waals surface area contributed by atoms with Crippen LogP contribution >= 0.6 is 0 Å². The van der Waals surface area contributed by atoms with Gasteiger partial charge in [-0.2, -0.15) is 0 Å². The van der Waals surface area contributed by atoms with Crippen molar-refractivity contribution in [2.24, 2.45) is 0 Å². The Morgan fingerprint density at radius 1 is 1.00 bits per heavy atom. The smallest absolute Gasteiger partial charge is 0.123 e. The lowest BCUT2D eigenvalue weighted by Crippen LogP contribution is -2.45. The lowest BCUT2D eigenvalue weighted by molar-refractivity contribution is 0.0104. The maximum Gasteiger partial charge on any atom is 0.123 e. The monoisotopic (exact) mass is 319 g/mol. The molecule has 0 saturated carbocycles. The molecule has 2 aliphatic heterocycles. The third kappa shape index (κ3) is 5.46. The van der Waals surface area contributed by atoms with E-state index in [1.165, 1.54) is 37.9 Å². The number of hydrogen-bond donors (Lipinski definition) is 1. The van der Waals surface area contributed by atoms with Gasteiger partial charge >= 0.3 is 0 Å². The number of nitrogens with one attached hydrogen (secondary N) is 1. The van der Waals surface area contributed by atoms with Gasteiger partial charge < -0.3 is 9.47 Å². The summed E-state index contributed by atoms with van der Waals surface area (Å²) >= 11 is 0. The molecule has 0 unspecified atom stereocenters. The van der Waals surface area contributed by atoms with E-state index in [1.807, 2.05) is 0 Å². The highest BCUT2D eigenvalue weighted by Crippen LogP contribution is 2.18. The molecular weight excluding hydrogens is 290 g/mol. The second kappa shape index (κ2) is 9.23. The van der Waals surface area contributed by atoms with Gasteiger partial charge in [0, 0.05) is 31.7 Å². The van der Waals surface area contributed by atoms with Crippen molar-refractivity contribution in [3.63, 3.8) is 0 Å². The Kier molecular flexibility index (Phi) is 6.70. The number of hydrazine groups is 1. The zero-order valence-corrected chi connectivity index (χ0v) is 14.0. The maximum atomic E-state index is 6.05. The number of morpholine rings is 1. The minimum Gasteiger partial charge on any atom is -0.492 e. The molecule has 2 aliphatic rings. The first-order valence-electron chi connectivity index (χ1n) is 8.91. The van der Waals surface area contributed by atoms with E-state index >= 15 is 0 Å². The summed E-state index contributed by atoms with van der Waals surface area (Å²) in [6, 6.07) is 8.35. The van der Waals surface area contributed by atoms with Crippen LogP contribution in [0.1, 0.15) is 24.8 Å². The van der Waals surface area contributed by atoms with Gasteiger partial charge in [0.15, 0.2) is 0 Å². The van der Waals surface area contributed by atoms with Crippen LogP contribution in [0, 0.1) is 0 Å². The van der Waals surface area contributed by atoms with E-state index in [0.717, 1.165) is 51.7 Å². The Morgan fingerprint density at radius 3 is 2.61 bits per heavy atom. The molecule has 2 saturated heterocycles. The van der Waals surface area contributed by atoms with Crippen molar-refractivity contribution in [1.82, 2.24) is 15.3 Å². The van der Waals surface area contributed by atoms with Gasteiger partial charge in [0.2, 0.25) is 0 Å². The van der Waals surface area contributed by atoms with Crippen molar-refractivity contribution < 1.29 is 9.47 Å². The highest BCUT2D eigenvalue weighted by molar-refractivity contribution is 5.33. The van der Waals surface area contributed by atoms with E-state index in [2.05, 4.69) is 39.6 Å². The molecule has 2 fully saturated rings. The summed E-state index contributed by atoms with van der Waals surface area (Å²) in [4.78, 5) is 2.51. The summed E-state index contributed by atoms with van der Waals surface area (Å²) in [5.41, 5.74) is 4.70. The number of para-hydroxylation sites is 1. The van der Waals surface area contributed by atoms with Crippen LogP contribution in [0.25, 0.3) is 0 Å². The van der Waals surface area contributed by atoms with Crippen molar-refractivity contribution in [3.8, 4) is 5.75 Å². The van der Waals surface area contributed by atoms with Crippen molar-refractivity contribution in [3.05, 3.63) is 29.8 Å². The minimum atomic E-state index is 0.772. The number of piperidine rings is 1. The molecule has 0 amide bonds. The molecule has 0 radical (unpaired) electrons. The highest BCUT2D eigenvalue weighted by Gasteiger charge is 2.12. The fourth-order valence-electron chi connectivity index (χ4n) is 3.18. The average Bonchev–Trinajstić information content (AvgIpc) is 2.63. The molecule has 0 aliphatic carbocycles. The van der Waals surface area contributed by atoms with Crippen LogP contribution in [-0.4, -0.2) is 62.5 Å². The Hall–Kier alpha value is -1.14. The predicted octanol–water partition coefficient (Wildman–Crippen LogP) is 1.89. The summed E-state index contributed by atoms with van der Waals surface area (Å²) in [6.45, 7) is 8.56. The van der Waals surface area contributed by atoms with Gasteiger partial charge in [-0.25, -0.2) is 5.01 Å². The minimum absolute atomic E-state index is 0.772. The SMILES string of the molecule is c1ccc(OCCN2CCCCC2)c(CNN2CCOCC2)c1. The Bertz CT molecular complexity index is 457. The number of benzene rings is 1. The molecule has 1 aromatic carbocycles. The second-order valence-electron chi connectivity index (χ2n) is 6.29. The van der Waals surface area contributed by atoms with E-state index in [4.69, 9.17) is 9.47 Å². The van der Waals surface area contributed by atoms with Gasteiger partial charge in [-0.1, -0.05) is 24.6 Å². The lowest BCUT2D eigenvalue weighted by Gasteiger charge is -2.28. The normalized spacial score (nSPS) is 20.5. The number of ether oxygens (including phenoxy) is 2. The van der Waals surface area contributed by atoms with Crippen LogP contribution < -0.4 is 10.2 Å². The molecule has 2 heterocycles. The molecule has 128 valence electrons. The van der Waals surface area contributed by atoms with Crippen LogP contribution in [0.3, 0.4) is 0 Å². The maximum absolute atomic E-state index is 6.05. The number of likely N-dealkylation sites (tertiary alicyclic amines) is 1. The molecule has 23 heavy (non-hydrogen) atoms. The Balaban J connectivity index is 1.44. The van der Waals surface area contributed by atoms with Crippen LogP contribution in [0.5, 0.6) is 5.75 Å². The second-order valence-corrected chi connectivity index (χ2v) is 6.29. The highest BCUT2D eigenvalue weighted by atomic mass is 16.5. The molecule has 5 nitrogen and oxygen atoms in total.